The molecule has 152 valence electrons. The van der Waals surface area contributed by atoms with Crippen molar-refractivity contribution < 1.29 is 4.74 Å². The Morgan fingerprint density at radius 3 is 2.52 bits per heavy atom. The third kappa shape index (κ3) is 3.42. The molecule has 5 rings (SSSR count). The number of ether oxygens (including phenoxy) is 1. The summed E-state index contributed by atoms with van der Waals surface area (Å²) in [5.41, 5.74) is 2.28. The zero-order chi connectivity index (χ0) is 20.0. The molecule has 3 aromatic rings. The molecule has 0 spiro atoms. The maximum absolute atomic E-state index is 6.52. The van der Waals surface area contributed by atoms with Gasteiger partial charge >= 0.3 is 0 Å². The third-order valence-corrected chi connectivity index (χ3v) is 6.86. The molecule has 0 amide bonds. The summed E-state index contributed by atoms with van der Waals surface area (Å²) in [4.78, 5) is 11.9. The minimum atomic E-state index is 0.106. The monoisotopic (exact) mass is 390 g/mol. The van der Waals surface area contributed by atoms with Gasteiger partial charge in [0.05, 0.1) is 17.1 Å². The lowest BCUT2D eigenvalue weighted by atomic mass is 9.77. The van der Waals surface area contributed by atoms with E-state index in [1.165, 1.54) is 18.6 Å². The normalized spacial score (nSPS) is 27.4. The fourth-order valence-electron chi connectivity index (χ4n) is 5.40. The van der Waals surface area contributed by atoms with Gasteiger partial charge in [-0.3, -0.25) is 0 Å². The van der Waals surface area contributed by atoms with E-state index in [9.17, 15) is 0 Å². The highest BCUT2D eigenvalue weighted by molar-refractivity contribution is 5.76. The number of fused-ring (bicyclic) bond motifs is 2. The number of aryl methyl sites for hydroxylation is 1. The summed E-state index contributed by atoms with van der Waals surface area (Å²) in [5.74, 6) is 3.20. The van der Waals surface area contributed by atoms with Crippen molar-refractivity contribution in [1.82, 2.24) is 19.4 Å². The molecule has 1 saturated carbocycles. The van der Waals surface area contributed by atoms with Crippen LogP contribution in [0.2, 0.25) is 0 Å². The molecular weight excluding hydrogens is 360 g/mol. The zero-order valence-electron chi connectivity index (χ0n) is 17.5. The molecule has 0 radical (unpaired) electrons. The molecule has 1 aliphatic heterocycles. The summed E-state index contributed by atoms with van der Waals surface area (Å²) in [6, 6.07) is 15.2. The Morgan fingerprint density at radius 1 is 1.00 bits per heavy atom. The smallest absolute Gasteiger partial charge is 0.213 e. The van der Waals surface area contributed by atoms with Crippen molar-refractivity contribution in [3.05, 3.63) is 54.5 Å². The van der Waals surface area contributed by atoms with Crippen LogP contribution in [0.4, 0.5) is 0 Å². The third-order valence-electron chi connectivity index (χ3n) is 6.86. The average molecular weight is 391 g/mol. The number of pyridine rings is 1. The Labute approximate surface area is 172 Å². The summed E-state index contributed by atoms with van der Waals surface area (Å²) in [5, 5.41) is 0. The second-order valence-corrected chi connectivity index (χ2v) is 8.95. The van der Waals surface area contributed by atoms with E-state index in [4.69, 9.17) is 9.72 Å². The molecule has 1 saturated heterocycles. The van der Waals surface area contributed by atoms with Gasteiger partial charge in [0, 0.05) is 31.4 Å². The van der Waals surface area contributed by atoms with Gasteiger partial charge in [-0.05, 0) is 63.6 Å². The fourth-order valence-corrected chi connectivity index (χ4v) is 5.40. The second-order valence-electron chi connectivity index (χ2n) is 8.95. The van der Waals surface area contributed by atoms with Gasteiger partial charge in [-0.1, -0.05) is 18.2 Å². The largest absolute Gasteiger partial charge is 0.472 e. The summed E-state index contributed by atoms with van der Waals surface area (Å²) in [7, 11) is 0. The molecule has 5 heteroatoms. The number of para-hydroxylation sites is 2. The lowest BCUT2D eigenvalue weighted by molar-refractivity contribution is 0.0522. The first-order valence-corrected chi connectivity index (χ1v) is 10.9. The molecule has 2 fully saturated rings. The van der Waals surface area contributed by atoms with E-state index in [0.717, 1.165) is 30.1 Å². The van der Waals surface area contributed by atoms with Gasteiger partial charge in [0.25, 0.3) is 0 Å². The van der Waals surface area contributed by atoms with Crippen LogP contribution in [0.25, 0.3) is 11.0 Å². The van der Waals surface area contributed by atoms with Crippen LogP contribution in [0.3, 0.4) is 0 Å². The molecular formula is C24H30N4O. The van der Waals surface area contributed by atoms with E-state index in [2.05, 4.69) is 59.5 Å². The van der Waals surface area contributed by atoms with Crippen LogP contribution >= 0.6 is 0 Å². The summed E-state index contributed by atoms with van der Waals surface area (Å²) >= 11 is 0. The molecule has 0 unspecified atom stereocenters. The zero-order valence-corrected chi connectivity index (χ0v) is 17.5. The van der Waals surface area contributed by atoms with Gasteiger partial charge in [-0.2, -0.15) is 0 Å². The fraction of sp³-hybridized carbons (Fsp3) is 0.500. The molecule has 0 bridgehead atoms. The number of aromatic nitrogens is 3. The summed E-state index contributed by atoms with van der Waals surface area (Å²) in [6.45, 7) is 9.12. The van der Waals surface area contributed by atoms with E-state index in [1.54, 1.807) is 0 Å². The van der Waals surface area contributed by atoms with E-state index in [0.29, 0.717) is 17.9 Å². The summed E-state index contributed by atoms with van der Waals surface area (Å²) in [6.07, 6.45) is 4.12. The standard InChI is InChI=1S/C24H30N4O/c1-16(2)27-14-18-12-22(28-17(3)26-20-8-4-5-9-21(20)28)23(13-19(18)15-27)29-24-10-6-7-11-25-24/h4-11,16,18-19,22-23H,12-15H2,1-3H3/t18-,19+,22-,23-/m0/s1. The van der Waals surface area contributed by atoms with Crippen LogP contribution in [0.1, 0.15) is 38.6 Å². The van der Waals surface area contributed by atoms with Gasteiger partial charge in [0.15, 0.2) is 0 Å². The van der Waals surface area contributed by atoms with Crippen molar-refractivity contribution in [3.63, 3.8) is 0 Å². The maximum Gasteiger partial charge on any atom is 0.213 e. The van der Waals surface area contributed by atoms with Crippen LogP contribution in [0.5, 0.6) is 5.88 Å². The highest BCUT2D eigenvalue weighted by Crippen LogP contribution is 2.44. The number of hydrogen-bond acceptors (Lipinski definition) is 4. The highest BCUT2D eigenvalue weighted by Gasteiger charge is 2.45. The lowest BCUT2D eigenvalue weighted by Crippen LogP contribution is -2.40. The number of benzene rings is 1. The molecule has 1 aliphatic carbocycles. The molecule has 4 atom stereocenters. The first-order chi connectivity index (χ1) is 14.1. The Morgan fingerprint density at radius 2 is 1.76 bits per heavy atom. The highest BCUT2D eigenvalue weighted by atomic mass is 16.5. The lowest BCUT2D eigenvalue weighted by Gasteiger charge is -2.39. The van der Waals surface area contributed by atoms with Crippen LogP contribution in [0, 0.1) is 18.8 Å². The van der Waals surface area contributed by atoms with Crippen LogP contribution < -0.4 is 4.74 Å². The van der Waals surface area contributed by atoms with E-state index < -0.39 is 0 Å². The Kier molecular flexibility index (Phi) is 4.78. The minimum Gasteiger partial charge on any atom is -0.472 e. The van der Waals surface area contributed by atoms with Crippen molar-refractivity contribution >= 4 is 11.0 Å². The van der Waals surface area contributed by atoms with Crippen molar-refractivity contribution in [3.8, 4) is 5.88 Å². The van der Waals surface area contributed by atoms with E-state index in [-0.39, 0.29) is 12.1 Å². The van der Waals surface area contributed by atoms with Crippen molar-refractivity contribution in [2.75, 3.05) is 13.1 Å². The van der Waals surface area contributed by atoms with Gasteiger partial charge in [-0.15, -0.1) is 0 Å². The summed E-state index contributed by atoms with van der Waals surface area (Å²) < 4.78 is 8.95. The van der Waals surface area contributed by atoms with Crippen LogP contribution in [-0.4, -0.2) is 44.7 Å². The van der Waals surface area contributed by atoms with Crippen LogP contribution in [0.15, 0.2) is 48.7 Å². The topological polar surface area (TPSA) is 43.2 Å². The average Bonchev–Trinajstić information content (AvgIpc) is 3.28. The first-order valence-electron chi connectivity index (χ1n) is 10.9. The van der Waals surface area contributed by atoms with Crippen LogP contribution in [-0.2, 0) is 0 Å². The first kappa shape index (κ1) is 18.6. The van der Waals surface area contributed by atoms with Gasteiger partial charge in [-0.25, -0.2) is 9.97 Å². The van der Waals surface area contributed by atoms with Crippen molar-refractivity contribution in [2.24, 2.45) is 11.8 Å². The Balaban J connectivity index is 1.52. The SMILES string of the molecule is Cc1nc2ccccc2n1[C@H]1C[C@H]2CN(C(C)C)C[C@H]2C[C@@H]1Oc1ccccn1. The number of hydrogen-bond donors (Lipinski definition) is 0. The molecule has 2 aliphatic rings. The van der Waals surface area contributed by atoms with Gasteiger partial charge in [0.1, 0.15) is 11.9 Å². The Bertz CT molecular complexity index is 983. The predicted molar refractivity (Wildman–Crippen MR) is 115 cm³/mol. The number of rotatable bonds is 4. The second kappa shape index (κ2) is 7.45. The molecule has 29 heavy (non-hydrogen) atoms. The number of nitrogens with zero attached hydrogens (tertiary/aromatic N) is 4. The molecule has 5 nitrogen and oxygen atoms in total. The molecule has 3 heterocycles. The molecule has 2 aromatic heterocycles. The van der Waals surface area contributed by atoms with E-state index >= 15 is 0 Å². The van der Waals surface area contributed by atoms with Crippen molar-refractivity contribution in [1.29, 1.82) is 0 Å². The quantitative estimate of drug-likeness (QED) is 0.659. The predicted octanol–water partition coefficient (Wildman–Crippen LogP) is 4.48. The maximum atomic E-state index is 6.52. The number of imidazole rings is 1. The minimum absolute atomic E-state index is 0.106. The Hall–Kier alpha value is -2.40. The van der Waals surface area contributed by atoms with E-state index in [1.807, 2.05) is 24.4 Å². The molecule has 1 aromatic carbocycles. The van der Waals surface area contributed by atoms with Gasteiger partial charge in [0.2, 0.25) is 5.88 Å². The number of likely N-dealkylation sites (tertiary alicyclic amines) is 1. The van der Waals surface area contributed by atoms with Gasteiger partial charge < -0.3 is 14.2 Å². The van der Waals surface area contributed by atoms with Crippen molar-refractivity contribution in [2.45, 2.75) is 51.8 Å². The molecule has 0 N–H and O–H groups in total.